The highest BCUT2D eigenvalue weighted by molar-refractivity contribution is 4.93. The second-order valence-electron chi connectivity index (χ2n) is 3.88. The lowest BCUT2D eigenvalue weighted by Gasteiger charge is -2.36. The lowest BCUT2D eigenvalue weighted by molar-refractivity contribution is 0.0188. The van der Waals surface area contributed by atoms with Crippen LogP contribution in [-0.2, 0) is 0 Å². The zero-order chi connectivity index (χ0) is 9.84. The maximum atomic E-state index is 9.64. The van der Waals surface area contributed by atoms with Crippen LogP contribution < -0.4 is 0 Å². The van der Waals surface area contributed by atoms with E-state index < -0.39 is 0 Å². The van der Waals surface area contributed by atoms with E-state index in [0.717, 1.165) is 19.4 Å². The number of aliphatic hydroxyl groups excluding tert-OH is 1. The molecule has 3 atom stereocenters. The molecule has 0 saturated carbocycles. The molecule has 0 bridgehead atoms. The molecule has 1 heterocycles. The summed E-state index contributed by atoms with van der Waals surface area (Å²) in [5, 5.41) is 18.5. The zero-order valence-electron chi connectivity index (χ0n) is 8.40. The van der Waals surface area contributed by atoms with Gasteiger partial charge in [0, 0.05) is 6.54 Å². The van der Waals surface area contributed by atoms with Crippen molar-refractivity contribution < 1.29 is 5.11 Å². The maximum Gasteiger partial charge on any atom is 0.0976 e. The summed E-state index contributed by atoms with van der Waals surface area (Å²) in [6.07, 6.45) is 1.59. The molecule has 0 radical (unpaired) electrons. The summed E-state index contributed by atoms with van der Waals surface area (Å²) >= 11 is 0. The number of hydrogen-bond acceptors (Lipinski definition) is 3. The van der Waals surface area contributed by atoms with E-state index >= 15 is 0 Å². The average Bonchev–Trinajstić information content (AvgIpc) is 2.13. The molecule has 1 aliphatic rings. The number of rotatable bonds is 2. The Bertz CT molecular complexity index is 200. The second kappa shape index (κ2) is 4.59. The number of hydrogen-bond donors (Lipinski definition) is 1. The highest BCUT2D eigenvalue weighted by Gasteiger charge is 2.27. The molecule has 13 heavy (non-hydrogen) atoms. The van der Waals surface area contributed by atoms with Crippen LogP contribution in [0.25, 0.3) is 0 Å². The fraction of sp³-hybridized carbons (Fsp3) is 0.900. The van der Waals surface area contributed by atoms with Crippen molar-refractivity contribution >= 4 is 0 Å². The lowest BCUT2D eigenvalue weighted by atomic mass is 9.95. The monoisotopic (exact) mass is 182 g/mol. The summed E-state index contributed by atoms with van der Waals surface area (Å²) in [4.78, 5) is 2.09. The predicted molar refractivity (Wildman–Crippen MR) is 51.1 cm³/mol. The molecule has 3 nitrogen and oxygen atoms in total. The predicted octanol–water partition coefficient (Wildman–Crippen LogP) is 0.991. The molecule has 1 fully saturated rings. The smallest absolute Gasteiger partial charge is 0.0976 e. The molecule has 3 unspecified atom stereocenters. The Morgan fingerprint density at radius 3 is 2.85 bits per heavy atom. The van der Waals surface area contributed by atoms with Crippen LogP contribution in [0.5, 0.6) is 0 Å². The Hall–Kier alpha value is -0.590. The zero-order valence-corrected chi connectivity index (χ0v) is 8.40. The third kappa shape index (κ3) is 2.43. The topological polar surface area (TPSA) is 47.3 Å². The van der Waals surface area contributed by atoms with Gasteiger partial charge in [-0.3, -0.25) is 4.90 Å². The van der Waals surface area contributed by atoms with Gasteiger partial charge in [0.15, 0.2) is 0 Å². The van der Waals surface area contributed by atoms with Crippen molar-refractivity contribution in [2.24, 2.45) is 5.92 Å². The largest absolute Gasteiger partial charge is 0.392 e. The molecule has 3 heteroatoms. The lowest BCUT2D eigenvalue weighted by Crippen LogP contribution is -2.47. The summed E-state index contributed by atoms with van der Waals surface area (Å²) in [6.45, 7) is 5.69. The van der Waals surface area contributed by atoms with E-state index in [1.165, 1.54) is 0 Å². The van der Waals surface area contributed by atoms with Gasteiger partial charge in [-0.05, 0) is 25.3 Å². The molecular weight excluding hydrogens is 164 g/mol. The molecular formula is C10H18N2O. The van der Waals surface area contributed by atoms with Crippen LogP contribution in [0.1, 0.15) is 26.7 Å². The third-order valence-electron chi connectivity index (χ3n) is 2.93. The van der Waals surface area contributed by atoms with E-state index in [1.54, 1.807) is 0 Å². The SMILES string of the molecule is CCC(C#N)N1CCC(C)C(O)C1. The van der Waals surface area contributed by atoms with Gasteiger partial charge >= 0.3 is 0 Å². The van der Waals surface area contributed by atoms with Crippen LogP contribution in [0, 0.1) is 17.2 Å². The van der Waals surface area contributed by atoms with Gasteiger partial charge in [-0.2, -0.15) is 5.26 Å². The Morgan fingerprint density at radius 1 is 1.69 bits per heavy atom. The molecule has 0 amide bonds. The van der Waals surface area contributed by atoms with Gasteiger partial charge in [-0.15, -0.1) is 0 Å². The Kier molecular flexibility index (Phi) is 3.71. The minimum Gasteiger partial charge on any atom is -0.392 e. The van der Waals surface area contributed by atoms with Gasteiger partial charge in [0.2, 0.25) is 0 Å². The standard InChI is InChI=1S/C10H18N2O/c1-3-9(6-11)12-5-4-8(2)10(13)7-12/h8-10,13H,3-5,7H2,1-2H3. The fourth-order valence-electron chi connectivity index (χ4n) is 1.79. The highest BCUT2D eigenvalue weighted by Crippen LogP contribution is 2.19. The highest BCUT2D eigenvalue weighted by atomic mass is 16.3. The Balaban J connectivity index is 2.50. The first kappa shape index (κ1) is 10.5. The number of aliphatic hydroxyl groups is 1. The fourth-order valence-corrected chi connectivity index (χ4v) is 1.79. The number of β-amino-alcohol motifs (C(OH)–C–C–N with tert-alkyl or cyclic N) is 1. The van der Waals surface area contributed by atoms with Gasteiger partial charge < -0.3 is 5.11 Å². The minimum absolute atomic E-state index is 0.0119. The number of nitrogens with zero attached hydrogens (tertiary/aromatic N) is 2. The van der Waals surface area contributed by atoms with Crippen molar-refractivity contribution in [3.05, 3.63) is 0 Å². The summed E-state index contributed by atoms with van der Waals surface area (Å²) in [5.41, 5.74) is 0. The van der Waals surface area contributed by atoms with E-state index in [4.69, 9.17) is 5.26 Å². The van der Waals surface area contributed by atoms with Gasteiger partial charge in [0.25, 0.3) is 0 Å². The van der Waals surface area contributed by atoms with Crippen molar-refractivity contribution in [2.75, 3.05) is 13.1 Å². The quantitative estimate of drug-likeness (QED) is 0.692. The van der Waals surface area contributed by atoms with Gasteiger partial charge in [0.05, 0.1) is 18.2 Å². The molecule has 0 spiro atoms. The first-order valence-corrected chi connectivity index (χ1v) is 5.00. The minimum atomic E-state index is -0.254. The summed E-state index contributed by atoms with van der Waals surface area (Å²) in [6, 6.07) is 2.26. The Labute approximate surface area is 80.0 Å². The number of nitriles is 1. The van der Waals surface area contributed by atoms with Gasteiger partial charge in [-0.1, -0.05) is 13.8 Å². The molecule has 1 saturated heterocycles. The van der Waals surface area contributed by atoms with Crippen molar-refractivity contribution in [3.63, 3.8) is 0 Å². The average molecular weight is 182 g/mol. The van der Waals surface area contributed by atoms with Gasteiger partial charge in [0.1, 0.15) is 0 Å². The summed E-state index contributed by atoms with van der Waals surface area (Å²) in [5.74, 6) is 0.382. The van der Waals surface area contributed by atoms with Crippen LogP contribution in [0.4, 0.5) is 0 Å². The molecule has 1 N–H and O–H groups in total. The van der Waals surface area contributed by atoms with Gasteiger partial charge in [-0.25, -0.2) is 0 Å². The van der Waals surface area contributed by atoms with Crippen LogP contribution >= 0.6 is 0 Å². The van der Waals surface area contributed by atoms with Crippen molar-refractivity contribution in [2.45, 2.75) is 38.8 Å². The molecule has 1 rings (SSSR count). The van der Waals surface area contributed by atoms with E-state index in [0.29, 0.717) is 12.5 Å². The van der Waals surface area contributed by atoms with E-state index in [1.807, 2.05) is 6.92 Å². The number of likely N-dealkylation sites (tertiary alicyclic amines) is 1. The van der Waals surface area contributed by atoms with Crippen molar-refractivity contribution in [1.29, 1.82) is 5.26 Å². The third-order valence-corrected chi connectivity index (χ3v) is 2.93. The van der Waals surface area contributed by atoms with Crippen LogP contribution in [-0.4, -0.2) is 35.2 Å². The van der Waals surface area contributed by atoms with Crippen molar-refractivity contribution in [1.82, 2.24) is 4.90 Å². The van der Waals surface area contributed by atoms with Crippen LogP contribution in [0.3, 0.4) is 0 Å². The normalized spacial score (nSPS) is 32.5. The van der Waals surface area contributed by atoms with Crippen molar-refractivity contribution in [3.8, 4) is 6.07 Å². The molecule has 0 aromatic carbocycles. The second-order valence-corrected chi connectivity index (χ2v) is 3.88. The van der Waals surface area contributed by atoms with Crippen LogP contribution in [0.2, 0.25) is 0 Å². The first-order valence-electron chi connectivity index (χ1n) is 5.00. The molecule has 0 aromatic heterocycles. The molecule has 0 aliphatic carbocycles. The molecule has 1 aliphatic heterocycles. The molecule has 74 valence electrons. The maximum absolute atomic E-state index is 9.64. The number of piperidine rings is 1. The van der Waals surface area contributed by atoms with E-state index in [2.05, 4.69) is 17.9 Å². The summed E-state index contributed by atoms with van der Waals surface area (Å²) < 4.78 is 0. The van der Waals surface area contributed by atoms with E-state index in [9.17, 15) is 5.11 Å². The summed E-state index contributed by atoms with van der Waals surface area (Å²) in [7, 11) is 0. The van der Waals surface area contributed by atoms with Crippen LogP contribution in [0.15, 0.2) is 0 Å². The molecule has 0 aromatic rings. The Morgan fingerprint density at radius 2 is 2.38 bits per heavy atom. The van der Waals surface area contributed by atoms with E-state index in [-0.39, 0.29) is 12.1 Å². The first-order chi connectivity index (χ1) is 6.19.